The van der Waals surface area contributed by atoms with Gasteiger partial charge in [0.05, 0.1) is 11.4 Å². The number of carbonyl (C=O) groups is 2. The van der Waals surface area contributed by atoms with E-state index in [1.165, 1.54) is 16.2 Å². The molecule has 0 saturated heterocycles. The summed E-state index contributed by atoms with van der Waals surface area (Å²) in [5.41, 5.74) is 0.804. The second kappa shape index (κ2) is 6.34. The topological polar surface area (TPSA) is 49.4 Å². The Bertz CT molecular complexity index is 607. The first-order valence-electron chi connectivity index (χ1n) is 6.24. The van der Waals surface area contributed by atoms with Gasteiger partial charge < -0.3 is 10.2 Å². The molecule has 2 rings (SSSR count). The largest absolute Gasteiger partial charge is 0.342 e. The Morgan fingerprint density at radius 2 is 1.85 bits per heavy atom. The van der Waals surface area contributed by atoms with Gasteiger partial charge in [-0.25, -0.2) is 0 Å². The fraction of sp³-hybridized carbons (Fsp3) is 0.200. The van der Waals surface area contributed by atoms with Crippen molar-refractivity contribution in [3.63, 3.8) is 0 Å². The lowest BCUT2D eigenvalue weighted by molar-refractivity contribution is -0.117. The van der Waals surface area contributed by atoms with Crippen molar-refractivity contribution < 1.29 is 9.59 Å². The van der Waals surface area contributed by atoms with Crippen LogP contribution in [0.3, 0.4) is 0 Å². The number of nitrogens with one attached hydrogen (secondary N) is 1. The maximum Gasteiger partial charge on any atom is 0.261 e. The van der Waals surface area contributed by atoms with Gasteiger partial charge in [0.15, 0.2) is 0 Å². The maximum absolute atomic E-state index is 12.0. The van der Waals surface area contributed by atoms with Crippen molar-refractivity contribution in [2.75, 3.05) is 18.5 Å². The number of para-hydroxylation sites is 1. The van der Waals surface area contributed by atoms with Gasteiger partial charge in [-0.2, -0.15) is 0 Å². The molecule has 0 aliphatic rings. The quantitative estimate of drug-likeness (QED) is 0.939. The highest BCUT2D eigenvalue weighted by Gasteiger charge is 2.13. The molecule has 104 valence electrons. The summed E-state index contributed by atoms with van der Waals surface area (Å²) in [4.78, 5) is 27.1. The standard InChI is InChI=1S/C15H16N2O2S/c1-11-8-9-13(20-11)15(19)16-10-14(18)17(2)12-6-4-3-5-7-12/h3-9H,10H2,1-2H3,(H,16,19). The average Bonchev–Trinajstić information content (AvgIpc) is 2.91. The van der Waals surface area contributed by atoms with Gasteiger partial charge in [0, 0.05) is 17.6 Å². The van der Waals surface area contributed by atoms with Crippen LogP contribution in [0.2, 0.25) is 0 Å². The number of anilines is 1. The molecule has 0 spiro atoms. The summed E-state index contributed by atoms with van der Waals surface area (Å²) >= 11 is 1.42. The molecule has 0 bridgehead atoms. The zero-order chi connectivity index (χ0) is 14.5. The predicted octanol–water partition coefficient (Wildman–Crippen LogP) is 2.45. The Kier molecular flexibility index (Phi) is 4.53. The number of thiophene rings is 1. The van der Waals surface area contributed by atoms with Gasteiger partial charge >= 0.3 is 0 Å². The van der Waals surface area contributed by atoms with Crippen LogP contribution in [-0.4, -0.2) is 25.4 Å². The Labute approximate surface area is 122 Å². The molecule has 2 amide bonds. The summed E-state index contributed by atoms with van der Waals surface area (Å²) < 4.78 is 0. The number of carbonyl (C=O) groups excluding carboxylic acids is 2. The van der Waals surface area contributed by atoms with Crippen LogP contribution in [0, 0.1) is 6.92 Å². The van der Waals surface area contributed by atoms with Crippen molar-refractivity contribution in [1.82, 2.24) is 5.32 Å². The number of aryl methyl sites for hydroxylation is 1. The number of benzene rings is 1. The minimum Gasteiger partial charge on any atom is -0.342 e. The Hall–Kier alpha value is -2.14. The van der Waals surface area contributed by atoms with Gasteiger partial charge in [0.1, 0.15) is 0 Å². The van der Waals surface area contributed by atoms with E-state index in [9.17, 15) is 9.59 Å². The molecule has 1 heterocycles. The van der Waals surface area contributed by atoms with E-state index >= 15 is 0 Å². The highest BCUT2D eigenvalue weighted by molar-refractivity contribution is 7.13. The summed E-state index contributed by atoms with van der Waals surface area (Å²) in [5.74, 6) is -0.365. The first-order valence-corrected chi connectivity index (χ1v) is 7.06. The Morgan fingerprint density at radius 1 is 1.15 bits per heavy atom. The molecular formula is C15H16N2O2S. The molecule has 0 fully saturated rings. The predicted molar refractivity (Wildman–Crippen MR) is 81.2 cm³/mol. The van der Waals surface area contributed by atoms with Crippen LogP contribution in [0.15, 0.2) is 42.5 Å². The zero-order valence-electron chi connectivity index (χ0n) is 11.4. The summed E-state index contributed by atoms with van der Waals surface area (Å²) in [6, 6.07) is 13.0. The SMILES string of the molecule is Cc1ccc(C(=O)NCC(=O)N(C)c2ccccc2)s1. The third kappa shape index (κ3) is 3.45. The van der Waals surface area contributed by atoms with Gasteiger partial charge in [0.25, 0.3) is 5.91 Å². The monoisotopic (exact) mass is 288 g/mol. The van der Waals surface area contributed by atoms with E-state index in [4.69, 9.17) is 0 Å². The average molecular weight is 288 g/mol. The second-order valence-electron chi connectivity index (χ2n) is 4.38. The van der Waals surface area contributed by atoms with Crippen molar-refractivity contribution in [2.24, 2.45) is 0 Å². The number of rotatable bonds is 4. The maximum atomic E-state index is 12.0. The molecule has 1 aromatic carbocycles. The van der Waals surface area contributed by atoms with E-state index < -0.39 is 0 Å². The Balaban J connectivity index is 1.91. The molecule has 0 aliphatic heterocycles. The van der Waals surface area contributed by atoms with Crippen LogP contribution in [-0.2, 0) is 4.79 Å². The first-order chi connectivity index (χ1) is 9.58. The van der Waals surface area contributed by atoms with Crippen LogP contribution in [0.4, 0.5) is 5.69 Å². The molecule has 5 heteroatoms. The van der Waals surface area contributed by atoms with E-state index in [0.717, 1.165) is 10.6 Å². The number of amides is 2. The lowest BCUT2D eigenvalue weighted by atomic mass is 10.3. The van der Waals surface area contributed by atoms with Crippen LogP contribution >= 0.6 is 11.3 Å². The van der Waals surface area contributed by atoms with E-state index in [-0.39, 0.29) is 18.4 Å². The van der Waals surface area contributed by atoms with E-state index in [1.807, 2.05) is 43.3 Å². The number of hydrogen-bond donors (Lipinski definition) is 1. The molecule has 0 radical (unpaired) electrons. The molecule has 0 saturated carbocycles. The Morgan fingerprint density at radius 3 is 2.45 bits per heavy atom. The first kappa shape index (κ1) is 14.3. The van der Waals surface area contributed by atoms with Gasteiger partial charge in [-0.15, -0.1) is 11.3 Å². The molecule has 2 aromatic rings. The van der Waals surface area contributed by atoms with Gasteiger partial charge in [-0.05, 0) is 31.2 Å². The summed E-state index contributed by atoms with van der Waals surface area (Å²) in [6.45, 7) is 1.93. The van der Waals surface area contributed by atoms with Gasteiger partial charge in [-0.1, -0.05) is 18.2 Å². The van der Waals surface area contributed by atoms with E-state index in [1.54, 1.807) is 13.1 Å². The highest BCUT2D eigenvalue weighted by Crippen LogP contribution is 2.14. The van der Waals surface area contributed by atoms with Crippen molar-refractivity contribution in [2.45, 2.75) is 6.92 Å². The van der Waals surface area contributed by atoms with Crippen molar-refractivity contribution in [3.8, 4) is 0 Å². The molecular weight excluding hydrogens is 272 g/mol. The molecule has 20 heavy (non-hydrogen) atoms. The third-order valence-corrected chi connectivity index (χ3v) is 3.88. The summed E-state index contributed by atoms with van der Waals surface area (Å²) in [7, 11) is 1.69. The zero-order valence-corrected chi connectivity index (χ0v) is 12.2. The minimum atomic E-state index is -0.210. The van der Waals surface area contributed by atoms with Crippen LogP contribution in [0.1, 0.15) is 14.5 Å². The van der Waals surface area contributed by atoms with Crippen LogP contribution in [0.5, 0.6) is 0 Å². The van der Waals surface area contributed by atoms with E-state index in [2.05, 4.69) is 5.32 Å². The lowest BCUT2D eigenvalue weighted by Crippen LogP contribution is -2.37. The summed E-state index contributed by atoms with van der Waals surface area (Å²) in [5, 5.41) is 2.64. The van der Waals surface area contributed by atoms with Gasteiger partial charge in [-0.3, -0.25) is 9.59 Å². The molecule has 1 N–H and O–H groups in total. The summed E-state index contributed by atoms with van der Waals surface area (Å²) in [6.07, 6.45) is 0. The number of likely N-dealkylation sites (N-methyl/N-ethyl adjacent to an activating group) is 1. The molecule has 4 nitrogen and oxygen atoms in total. The molecule has 1 aromatic heterocycles. The van der Waals surface area contributed by atoms with Gasteiger partial charge in [0.2, 0.25) is 5.91 Å². The molecule has 0 atom stereocenters. The third-order valence-electron chi connectivity index (χ3n) is 2.88. The number of nitrogens with zero attached hydrogens (tertiary/aromatic N) is 1. The fourth-order valence-corrected chi connectivity index (χ4v) is 2.50. The minimum absolute atomic E-state index is 0.0127. The van der Waals surface area contributed by atoms with Crippen molar-refractivity contribution in [3.05, 3.63) is 52.2 Å². The smallest absolute Gasteiger partial charge is 0.261 e. The highest BCUT2D eigenvalue weighted by atomic mass is 32.1. The number of hydrogen-bond acceptors (Lipinski definition) is 3. The fourth-order valence-electron chi connectivity index (χ4n) is 1.71. The van der Waals surface area contributed by atoms with Crippen LogP contribution < -0.4 is 10.2 Å². The van der Waals surface area contributed by atoms with Crippen molar-refractivity contribution in [1.29, 1.82) is 0 Å². The second-order valence-corrected chi connectivity index (χ2v) is 5.67. The lowest BCUT2D eigenvalue weighted by Gasteiger charge is -2.17. The normalized spacial score (nSPS) is 10.1. The van der Waals surface area contributed by atoms with Crippen molar-refractivity contribution >= 4 is 28.8 Å². The molecule has 0 aliphatic carbocycles. The van der Waals surface area contributed by atoms with Crippen LogP contribution in [0.25, 0.3) is 0 Å². The molecule has 0 unspecified atom stereocenters. The van der Waals surface area contributed by atoms with E-state index in [0.29, 0.717) is 4.88 Å².